The number of aryl methyl sites for hydroxylation is 2. The Morgan fingerprint density at radius 1 is 0.406 bits per heavy atom. The van der Waals surface area contributed by atoms with Gasteiger partial charge in [-0.25, -0.2) is 0 Å². The zero-order chi connectivity index (χ0) is 26.2. The highest BCUT2D eigenvalue weighted by Crippen LogP contribution is 2.08. The van der Waals surface area contributed by atoms with Gasteiger partial charge >= 0.3 is 0 Å². The van der Waals surface area contributed by atoms with Gasteiger partial charge in [-0.2, -0.15) is 0 Å². The van der Waals surface area contributed by atoms with Crippen LogP contribution in [0.25, 0.3) is 0 Å². The molecular formula is C32H62. The molecule has 32 heavy (non-hydrogen) atoms. The molecule has 2 rings (SSSR count). The van der Waals surface area contributed by atoms with Crippen LogP contribution in [0, 0.1) is 11.8 Å². The molecule has 0 saturated carbocycles. The van der Waals surface area contributed by atoms with Crippen LogP contribution in [0.15, 0.2) is 60.7 Å². The van der Waals surface area contributed by atoms with Crippen molar-refractivity contribution in [3.8, 4) is 0 Å². The first kappa shape index (κ1) is 40.8. The van der Waals surface area contributed by atoms with E-state index in [2.05, 4.69) is 88.4 Å². The molecule has 0 fully saturated rings. The zero-order valence-electron chi connectivity index (χ0n) is 24.8. The van der Waals surface area contributed by atoms with E-state index in [4.69, 9.17) is 0 Å². The molecule has 2 aromatic rings. The maximum Gasteiger partial charge on any atom is -0.0276 e. The van der Waals surface area contributed by atoms with Crippen molar-refractivity contribution in [2.24, 2.45) is 11.8 Å². The maximum absolute atomic E-state index is 2.27. The van der Waals surface area contributed by atoms with Gasteiger partial charge in [0.25, 0.3) is 0 Å². The van der Waals surface area contributed by atoms with E-state index in [0.717, 1.165) is 11.8 Å². The van der Waals surface area contributed by atoms with E-state index < -0.39 is 0 Å². The lowest BCUT2D eigenvalue weighted by Crippen LogP contribution is -1.91. The Morgan fingerprint density at radius 3 is 0.812 bits per heavy atom. The Hall–Kier alpha value is -1.56. The SMILES string of the molecule is CC.CC.CC.CC.CC.CC(C)CCc1ccccc1.CC(C)CCc1ccccc1. The number of benzene rings is 2. The lowest BCUT2D eigenvalue weighted by Gasteiger charge is -2.03. The molecule has 0 amide bonds. The molecule has 0 spiro atoms. The van der Waals surface area contributed by atoms with Crippen LogP contribution in [0.2, 0.25) is 0 Å². The molecule has 0 aliphatic rings. The van der Waals surface area contributed by atoms with Crippen LogP contribution in [-0.2, 0) is 12.8 Å². The minimum Gasteiger partial charge on any atom is -0.0683 e. The first-order valence-electron chi connectivity index (χ1n) is 13.7. The standard InChI is InChI=1S/2C11H16.5C2H6/c2*1-10(2)8-9-11-6-4-3-5-7-11;5*1-2/h2*3-7,10H,8-9H2,1-2H3;5*1-2H3. The van der Waals surface area contributed by atoms with Gasteiger partial charge in [-0.05, 0) is 48.6 Å². The second-order valence-corrected chi connectivity index (χ2v) is 6.84. The smallest absolute Gasteiger partial charge is 0.0276 e. The Balaban J connectivity index is -0.000000109. The normalized spacial score (nSPS) is 8.12. The fourth-order valence-electron chi connectivity index (χ4n) is 2.20. The van der Waals surface area contributed by atoms with Gasteiger partial charge in [-0.1, -0.05) is 158 Å². The third-order valence-corrected chi connectivity index (χ3v) is 3.71. The predicted molar refractivity (Wildman–Crippen MR) is 156 cm³/mol. The molecule has 0 aliphatic heterocycles. The molecule has 0 radical (unpaired) electrons. The van der Waals surface area contributed by atoms with Crippen LogP contribution in [0.5, 0.6) is 0 Å². The Labute approximate surface area is 206 Å². The van der Waals surface area contributed by atoms with Gasteiger partial charge in [0.15, 0.2) is 0 Å². The fraction of sp³-hybridized carbons (Fsp3) is 0.625. The van der Waals surface area contributed by atoms with Crippen LogP contribution >= 0.6 is 0 Å². The molecule has 0 nitrogen and oxygen atoms in total. The summed E-state index contributed by atoms with van der Waals surface area (Å²) in [7, 11) is 0. The first-order chi connectivity index (χ1) is 15.6. The second kappa shape index (κ2) is 39.9. The fourth-order valence-corrected chi connectivity index (χ4v) is 2.20. The van der Waals surface area contributed by atoms with E-state index in [-0.39, 0.29) is 0 Å². The molecule has 0 aliphatic carbocycles. The van der Waals surface area contributed by atoms with Gasteiger partial charge in [0.1, 0.15) is 0 Å². The van der Waals surface area contributed by atoms with E-state index >= 15 is 0 Å². The van der Waals surface area contributed by atoms with Crippen molar-refractivity contribution in [1.82, 2.24) is 0 Å². The van der Waals surface area contributed by atoms with Gasteiger partial charge in [0.05, 0.1) is 0 Å². The topological polar surface area (TPSA) is 0 Å². The average Bonchev–Trinajstić information content (AvgIpc) is 2.89. The lowest BCUT2D eigenvalue weighted by atomic mass is 10.0. The minimum absolute atomic E-state index is 0.815. The molecule has 0 saturated heterocycles. The average molecular weight is 447 g/mol. The van der Waals surface area contributed by atoms with Crippen molar-refractivity contribution < 1.29 is 0 Å². The van der Waals surface area contributed by atoms with Crippen LogP contribution in [0.3, 0.4) is 0 Å². The summed E-state index contributed by atoms with van der Waals surface area (Å²) >= 11 is 0. The highest BCUT2D eigenvalue weighted by atomic mass is 14.0. The summed E-state index contributed by atoms with van der Waals surface area (Å²) < 4.78 is 0. The quantitative estimate of drug-likeness (QED) is 0.413. The molecular weight excluding hydrogens is 384 g/mol. The van der Waals surface area contributed by atoms with Crippen LogP contribution < -0.4 is 0 Å². The summed E-state index contributed by atoms with van der Waals surface area (Å²) in [6, 6.07) is 21.4. The minimum atomic E-state index is 0.815. The van der Waals surface area contributed by atoms with Gasteiger partial charge in [-0.15, -0.1) is 0 Å². The van der Waals surface area contributed by atoms with E-state index in [1.165, 1.54) is 36.8 Å². The van der Waals surface area contributed by atoms with Crippen molar-refractivity contribution in [3.63, 3.8) is 0 Å². The van der Waals surface area contributed by atoms with E-state index in [0.29, 0.717) is 0 Å². The largest absolute Gasteiger partial charge is 0.0683 e. The van der Waals surface area contributed by atoms with E-state index in [9.17, 15) is 0 Å². The van der Waals surface area contributed by atoms with Crippen molar-refractivity contribution in [3.05, 3.63) is 71.8 Å². The summed E-state index contributed by atoms with van der Waals surface area (Å²) in [4.78, 5) is 0. The summed E-state index contributed by atoms with van der Waals surface area (Å²) in [5.41, 5.74) is 2.92. The highest BCUT2D eigenvalue weighted by Gasteiger charge is 1.95. The van der Waals surface area contributed by atoms with Crippen molar-refractivity contribution in [2.45, 2.75) is 123 Å². The molecule has 0 aromatic heterocycles. The Morgan fingerprint density at radius 2 is 0.625 bits per heavy atom. The van der Waals surface area contributed by atoms with Crippen molar-refractivity contribution in [2.75, 3.05) is 0 Å². The number of rotatable bonds is 6. The molecule has 190 valence electrons. The summed E-state index contributed by atoms with van der Waals surface area (Å²) in [6.07, 6.45) is 5.03. The molecule has 0 heteroatoms. The number of hydrogen-bond acceptors (Lipinski definition) is 0. The van der Waals surface area contributed by atoms with Gasteiger partial charge in [0.2, 0.25) is 0 Å². The van der Waals surface area contributed by atoms with Crippen LogP contribution in [-0.4, -0.2) is 0 Å². The maximum atomic E-state index is 2.27. The van der Waals surface area contributed by atoms with Gasteiger partial charge in [0, 0.05) is 0 Å². The van der Waals surface area contributed by atoms with Crippen LogP contribution in [0.4, 0.5) is 0 Å². The molecule has 0 unspecified atom stereocenters. The summed E-state index contributed by atoms with van der Waals surface area (Å²) in [5.74, 6) is 1.63. The lowest BCUT2D eigenvalue weighted by molar-refractivity contribution is 0.586. The predicted octanol–water partition coefficient (Wildman–Crippen LogP) is 11.7. The summed E-state index contributed by atoms with van der Waals surface area (Å²) in [6.45, 7) is 29.1. The van der Waals surface area contributed by atoms with Crippen LogP contribution in [0.1, 0.15) is 121 Å². The van der Waals surface area contributed by atoms with E-state index in [1.807, 2.05) is 69.2 Å². The molecule has 2 aromatic carbocycles. The zero-order valence-corrected chi connectivity index (χ0v) is 24.8. The highest BCUT2D eigenvalue weighted by molar-refractivity contribution is 5.15. The van der Waals surface area contributed by atoms with E-state index in [1.54, 1.807) is 0 Å². The molecule has 0 atom stereocenters. The molecule has 0 N–H and O–H groups in total. The summed E-state index contributed by atoms with van der Waals surface area (Å²) in [5, 5.41) is 0. The Kier molecular flexibility index (Phi) is 50.8. The number of hydrogen-bond donors (Lipinski definition) is 0. The monoisotopic (exact) mass is 446 g/mol. The first-order valence-corrected chi connectivity index (χ1v) is 13.7. The molecule has 0 heterocycles. The molecule has 0 bridgehead atoms. The van der Waals surface area contributed by atoms with Gasteiger partial charge in [-0.3, -0.25) is 0 Å². The van der Waals surface area contributed by atoms with Crippen molar-refractivity contribution in [1.29, 1.82) is 0 Å². The third kappa shape index (κ3) is 35.9. The van der Waals surface area contributed by atoms with Gasteiger partial charge < -0.3 is 0 Å². The second-order valence-electron chi connectivity index (χ2n) is 6.84. The van der Waals surface area contributed by atoms with Crippen molar-refractivity contribution >= 4 is 0 Å². The third-order valence-electron chi connectivity index (χ3n) is 3.71. The Bertz CT molecular complexity index is 420.